The molecule has 1 amide bonds. The van der Waals surface area contributed by atoms with Crippen LogP contribution in [0.15, 0.2) is 78.2 Å². The molecular weight excluding hydrogens is 453 g/mol. The Morgan fingerprint density at radius 3 is 2.55 bits per heavy atom. The number of rotatable bonds is 6. The van der Waals surface area contributed by atoms with Crippen LogP contribution in [0, 0.1) is 5.82 Å². The fourth-order valence-corrected chi connectivity index (χ4v) is 5.47. The van der Waals surface area contributed by atoms with Crippen LogP contribution in [0.25, 0.3) is 31.9 Å². The normalized spacial score (nSPS) is 11.1. The van der Waals surface area contributed by atoms with E-state index in [1.807, 2.05) is 53.9 Å². The van der Waals surface area contributed by atoms with Crippen molar-refractivity contribution < 1.29 is 9.18 Å². The van der Waals surface area contributed by atoms with Crippen molar-refractivity contribution in [2.75, 3.05) is 12.3 Å². The molecule has 164 valence electrons. The summed E-state index contributed by atoms with van der Waals surface area (Å²) >= 11 is 2.87. The molecule has 3 aromatic heterocycles. The first-order valence-electron chi connectivity index (χ1n) is 10.4. The lowest BCUT2D eigenvalue weighted by atomic mass is 10.0. The first-order valence-corrected chi connectivity index (χ1v) is 12.1. The average molecular weight is 474 g/mol. The molecular formula is C26H20FN3OS2. The van der Waals surface area contributed by atoms with Gasteiger partial charge in [0.15, 0.2) is 0 Å². The highest BCUT2D eigenvalue weighted by Gasteiger charge is 2.21. The number of nitrogen functional groups attached to an aromatic ring is 1. The number of nitrogens with two attached hydrogens (primary N) is 1. The Labute approximate surface area is 198 Å². The third-order valence-corrected chi connectivity index (χ3v) is 7.37. The molecule has 2 aromatic carbocycles. The number of carbonyl (C=O) groups excluding carboxylic acids is 1. The summed E-state index contributed by atoms with van der Waals surface area (Å²) in [6.45, 7) is 0.509. The van der Waals surface area contributed by atoms with E-state index in [1.54, 1.807) is 23.5 Å². The molecule has 7 heteroatoms. The predicted molar refractivity (Wildman–Crippen MR) is 135 cm³/mol. The van der Waals surface area contributed by atoms with Crippen molar-refractivity contribution in [1.82, 2.24) is 10.3 Å². The fraction of sp³-hybridized carbons (Fsp3) is 0.0769. The zero-order valence-electron chi connectivity index (χ0n) is 17.5. The van der Waals surface area contributed by atoms with Crippen molar-refractivity contribution >= 4 is 44.5 Å². The Balaban J connectivity index is 1.53. The third kappa shape index (κ3) is 4.37. The standard InChI is InChI=1S/C26H20FN3OS2/c27-18-10-8-17(9-11-18)19-15-20(21-7-4-14-32-21)30-26-22(19)23(28)24(33-26)25(31)29-13-12-16-5-2-1-3-6-16/h1-11,14-15H,12-13,28H2,(H,29,31). The smallest absolute Gasteiger partial charge is 0.263 e. The van der Waals surface area contributed by atoms with Crippen LogP contribution < -0.4 is 11.1 Å². The van der Waals surface area contributed by atoms with Crippen molar-refractivity contribution in [3.8, 4) is 21.7 Å². The molecule has 0 radical (unpaired) electrons. The summed E-state index contributed by atoms with van der Waals surface area (Å²) in [6.07, 6.45) is 0.735. The zero-order chi connectivity index (χ0) is 22.8. The maximum atomic E-state index is 13.6. The largest absolute Gasteiger partial charge is 0.397 e. The van der Waals surface area contributed by atoms with Crippen LogP contribution in [0.1, 0.15) is 15.2 Å². The topological polar surface area (TPSA) is 68.0 Å². The van der Waals surface area contributed by atoms with Crippen LogP contribution in [0.3, 0.4) is 0 Å². The summed E-state index contributed by atoms with van der Waals surface area (Å²) in [5.74, 6) is -0.520. The van der Waals surface area contributed by atoms with Gasteiger partial charge < -0.3 is 11.1 Å². The molecule has 3 N–H and O–H groups in total. The molecule has 0 atom stereocenters. The van der Waals surface area contributed by atoms with Gasteiger partial charge in [-0.2, -0.15) is 0 Å². The molecule has 3 heterocycles. The Morgan fingerprint density at radius 2 is 1.82 bits per heavy atom. The van der Waals surface area contributed by atoms with Crippen LogP contribution in [0.4, 0.5) is 10.1 Å². The van der Waals surface area contributed by atoms with Gasteiger partial charge in [-0.1, -0.05) is 48.5 Å². The maximum Gasteiger partial charge on any atom is 0.263 e. The highest BCUT2D eigenvalue weighted by Crippen LogP contribution is 2.41. The van der Waals surface area contributed by atoms with E-state index in [-0.39, 0.29) is 11.7 Å². The Hall–Kier alpha value is -3.55. The number of anilines is 1. The predicted octanol–water partition coefficient (Wildman–Crippen LogP) is 6.39. The van der Waals surface area contributed by atoms with E-state index in [0.29, 0.717) is 21.9 Å². The second-order valence-electron chi connectivity index (χ2n) is 7.56. The zero-order valence-corrected chi connectivity index (χ0v) is 19.2. The van der Waals surface area contributed by atoms with E-state index < -0.39 is 0 Å². The monoisotopic (exact) mass is 473 g/mol. The van der Waals surface area contributed by atoms with Gasteiger partial charge in [-0.15, -0.1) is 22.7 Å². The first-order chi connectivity index (χ1) is 16.1. The third-order valence-electron chi connectivity index (χ3n) is 5.38. The SMILES string of the molecule is Nc1c(C(=O)NCCc2ccccc2)sc2nc(-c3cccs3)cc(-c3ccc(F)cc3)c12. The van der Waals surface area contributed by atoms with Crippen molar-refractivity contribution in [1.29, 1.82) is 0 Å². The number of hydrogen-bond acceptors (Lipinski definition) is 5. The summed E-state index contributed by atoms with van der Waals surface area (Å²) in [6, 6.07) is 22.2. The number of pyridine rings is 1. The Morgan fingerprint density at radius 1 is 1.03 bits per heavy atom. The molecule has 5 rings (SSSR count). The van der Waals surface area contributed by atoms with Gasteiger partial charge in [-0.05, 0) is 52.8 Å². The van der Waals surface area contributed by atoms with Crippen molar-refractivity contribution in [2.24, 2.45) is 0 Å². The summed E-state index contributed by atoms with van der Waals surface area (Å²) in [4.78, 5) is 19.9. The van der Waals surface area contributed by atoms with Gasteiger partial charge in [0, 0.05) is 11.9 Å². The molecule has 0 aliphatic rings. The molecule has 0 saturated carbocycles. The van der Waals surface area contributed by atoms with Crippen LogP contribution >= 0.6 is 22.7 Å². The van der Waals surface area contributed by atoms with Gasteiger partial charge >= 0.3 is 0 Å². The van der Waals surface area contributed by atoms with Crippen molar-refractivity contribution in [3.05, 3.63) is 94.4 Å². The number of amides is 1. The number of halogens is 1. The average Bonchev–Trinajstić information content (AvgIpc) is 3.48. The van der Waals surface area contributed by atoms with Gasteiger partial charge in [0.2, 0.25) is 0 Å². The van der Waals surface area contributed by atoms with Gasteiger partial charge in [0.25, 0.3) is 5.91 Å². The fourth-order valence-electron chi connectivity index (χ4n) is 3.74. The number of fused-ring (bicyclic) bond motifs is 1. The minimum atomic E-state index is -0.306. The van der Waals surface area contributed by atoms with Crippen LogP contribution in [0.5, 0.6) is 0 Å². The summed E-state index contributed by atoms with van der Waals surface area (Å²) < 4.78 is 13.6. The lowest BCUT2D eigenvalue weighted by Crippen LogP contribution is -2.25. The lowest BCUT2D eigenvalue weighted by molar-refractivity contribution is 0.0959. The molecule has 5 aromatic rings. The van der Waals surface area contributed by atoms with E-state index in [4.69, 9.17) is 10.7 Å². The Kier molecular flexibility index (Phi) is 5.90. The molecule has 4 nitrogen and oxygen atoms in total. The van der Waals surface area contributed by atoms with Gasteiger partial charge in [-0.25, -0.2) is 9.37 Å². The minimum absolute atomic E-state index is 0.214. The van der Waals surface area contributed by atoms with E-state index in [2.05, 4.69) is 5.32 Å². The second kappa shape index (κ2) is 9.13. The number of benzene rings is 2. The van der Waals surface area contributed by atoms with Crippen LogP contribution in [-0.2, 0) is 6.42 Å². The summed E-state index contributed by atoms with van der Waals surface area (Å²) in [5, 5.41) is 5.69. The van der Waals surface area contributed by atoms with E-state index >= 15 is 0 Å². The maximum absolute atomic E-state index is 13.6. The van der Waals surface area contributed by atoms with Crippen molar-refractivity contribution in [3.63, 3.8) is 0 Å². The van der Waals surface area contributed by atoms with Gasteiger partial charge in [0.1, 0.15) is 15.5 Å². The van der Waals surface area contributed by atoms with Crippen LogP contribution in [0.2, 0.25) is 0 Å². The highest BCUT2D eigenvalue weighted by molar-refractivity contribution is 7.21. The van der Waals surface area contributed by atoms with E-state index in [0.717, 1.165) is 39.1 Å². The molecule has 0 fully saturated rings. The molecule has 0 saturated heterocycles. The first kappa shape index (κ1) is 21.3. The van der Waals surface area contributed by atoms with Crippen LogP contribution in [-0.4, -0.2) is 17.4 Å². The number of nitrogens with zero attached hydrogens (tertiary/aromatic N) is 1. The second-order valence-corrected chi connectivity index (χ2v) is 9.50. The van der Waals surface area contributed by atoms with Crippen molar-refractivity contribution in [2.45, 2.75) is 6.42 Å². The summed E-state index contributed by atoms with van der Waals surface area (Å²) in [5.41, 5.74) is 10.5. The minimum Gasteiger partial charge on any atom is -0.397 e. The molecule has 0 aliphatic heterocycles. The Bertz CT molecular complexity index is 1410. The molecule has 0 unspecified atom stereocenters. The van der Waals surface area contributed by atoms with Gasteiger partial charge in [0.05, 0.1) is 16.3 Å². The van der Waals surface area contributed by atoms with Gasteiger partial charge in [-0.3, -0.25) is 4.79 Å². The molecule has 0 bridgehead atoms. The number of nitrogens with one attached hydrogen (secondary N) is 1. The van der Waals surface area contributed by atoms with E-state index in [1.165, 1.54) is 23.5 Å². The summed E-state index contributed by atoms with van der Waals surface area (Å²) in [7, 11) is 0. The van der Waals surface area contributed by atoms with E-state index in [9.17, 15) is 9.18 Å². The molecule has 0 aliphatic carbocycles. The number of carbonyl (C=O) groups is 1. The quantitative estimate of drug-likeness (QED) is 0.300. The number of hydrogen-bond donors (Lipinski definition) is 2. The lowest BCUT2D eigenvalue weighted by Gasteiger charge is -2.08. The molecule has 33 heavy (non-hydrogen) atoms. The highest BCUT2D eigenvalue weighted by atomic mass is 32.1. The number of aromatic nitrogens is 1. The molecule has 0 spiro atoms. The number of thiophene rings is 2.